The molecular formula is C18H11ClO3. The standard InChI is InChI=1S/C18H11ClO3/c19-15-9-7-13(8-10-15)18(21)22-17-14(11-20)6-5-12-3-1-2-4-16(12)17/h1-11H. The molecule has 0 N–H and O–H groups in total. The molecule has 0 aliphatic carbocycles. The Hall–Kier alpha value is -2.65. The van der Waals surface area contributed by atoms with Crippen LogP contribution in [0.25, 0.3) is 10.8 Å². The molecule has 3 aromatic rings. The lowest BCUT2D eigenvalue weighted by Crippen LogP contribution is -2.10. The lowest BCUT2D eigenvalue weighted by Gasteiger charge is -2.10. The first-order chi connectivity index (χ1) is 10.7. The maximum absolute atomic E-state index is 12.3. The first-order valence-corrected chi connectivity index (χ1v) is 7.01. The lowest BCUT2D eigenvalue weighted by atomic mass is 10.1. The molecule has 3 rings (SSSR count). The van der Waals surface area contributed by atoms with Crippen LogP contribution in [0.1, 0.15) is 20.7 Å². The summed E-state index contributed by atoms with van der Waals surface area (Å²) < 4.78 is 5.46. The zero-order chi connectivity index (χ0) is 15.5. The number of aldehydes is 1. The van der Waals surface area contributed by atoms with Gasteiger partial charge in [-0.25, -0.2) is 4.79 Å². The number of hydrogen-bond acceptors (Lipinski definition) is 3. The van der Waals surface area contributed by atoms with Crippen LogP contribution in [0.4, 0.5) is 0 Å². The Labute approximate surface area is 132 Å². The number of halogens is 1. The molecule has 0 aliphatic rings. The molecule has 0 bridgehead atoms. The predicted molar refractivity (Wildman–Crippen MR) is 85.7 cm³/mol. The Morgan fingerprint density at radius 3 is 2.41 bits per heavy atom. The van der Waals surface area contributed by atoms with E-state index < -0.39 is 5.97 Å². The largest absolute Gasteiger partial charge is 0.421 e. The van der Waals surface area contributed by atoms with Gasteiger partial charge in [-0.3, -0.25) is 4.79 Å². The molecule has 0 aliphatic heterocycles. The van der Waals surface area contributed by atoms with Crippen LogP contribution in [0.15, 0.2) is 60.7 Å². The number of ether oxygens (including phenoxy) is 1. The number of rotatable bonds is 3. The van der Waals surface area contributed by atoms with Crippen LogP contribution in [0.5, 0.6) is 5.75 Å². The van der Waals surface area contributed by atoms with Crippen molar-refractivity contribution < 1.29 is 14.3 Å². The minimum atomic E-state index is -0.531. The normalized spacial score (nSPS) is 10.4. The molecule has 0 aromatic heterocycles. The zero-order valence-corrected chi connectivity index (χ0v) is 12.2. The third kappa shape index (κ3) is 2.71. The van der Waals surface area contributed by atoms with Gasteiger partial charge < -0.3 is 4.74 Å². The summed E-state index contributed by atoms with van der Waals surface area (Å²) in [5.41, 5.74) is 0.704. The Morgan fingerprint density at radius 2 is 1.68 bits per heavy atom. The van der Waals surface area contributed by atoms with Crippen molar-refractivity contribution >= 4 is 34.6 Å². The van der Waals surface area contributed by atoms with Gasteiger partial charge in [-0.2, -0.15) is 0 Å². The molecule has 108 valence electrons. The number of carbonyl (C=O) groups excluding carboxylic acids is 2. The van der Waals surface area contributed by atoms with E-state index in [0.29, 0.717) is 22.4 Å². The maximum atomic E-state index is 12.3. The van der Waals surface area contributed by atoms with Crippen molar-refractivity contribution in [3.63, 3.8) is 0 Å². The van der Waals surface area contributed by atoms with Crippen LogP contribution in [0.3, 0.4) is 0 Å². The van der Waals surface area contributed by atoms with Crippen LogP contribution in [-0.2, 0) is 0 Å². The van der Waals surface area contributed by atoms with E-state index in [4.69, 9.17) is 16.3 Å². The smallest absolute Gasteiger partial charge is 0.343 e. The molecule has 0 amide bonds. The minimum absolute atomic E-state index is 0.271. The highest BCUT2D eigenvalue weighted by Gasteiger charge is 2.14. The topological polar surface area (TPSA) is 43.4 Å². The van der Waals surface area contributed by atoms with Crippen LogP contribution in [-0.4, -0.2) is 12.3 Å². The highest BCUT2D eigenvalue weighted by Crippen LogP contribution is 2.29. The minimum Gasteiger partial charge on any atom is -0.421 e. The second-order valence-corrected chi connectivity index (χ2v) is 5.16. The van der Waals surface area contributed by atoms with Gasteiger partial charge in [-0.1, -0.05) is 41.9 Å². The summed E-state index contributed by atoms with van der Waals surface area (Å²) in [6.07, 6.45) is 0.677. The van der Waals surface area contributed by atoms with Gasteiger partial charge in [-0.05, 0) is 35.7 Å². The van der Waals surface area contributed by atoms with E-state index in [1.165, 1.54) is 0 Å². The molecule has 0 heterocycles. The van der Waals surface area contributed by atoms with Crippen molar-refractivity contribution in [1.29, 1.82) is 0 Å². The summed E-state index contributed by atoms with van der Waals surface area (Å²) >= 11 is 5.80. The van der Waals surface area contributed by atoms with E-state index in [2.05, 4.69) is 0 Å². The first kappa shape index (κ1) is 14.3. The van der Waals surface area contributed by atoms with Crippen LogP contribution < -0.4 is 4.74 Å². The van der Waals surface area contributed by atoms with Crippen molar-refractivity contribution in [3.05, 3.63) is 76.8 Å². The van der Waals surface area contributed by atoms with Crippen molar-refractivity contribution in [2.24, 2.45) is 0 Å². The van der Waals surface area contributed by atoms with Gasteiger partial charge in [0.1, 0.15) is 5.75 Å². The molecule has 0 spiro atoms. The van der Waals surface area contributed by atoms with E-state index in [9.17, 15) is 9.59 Å². The summed E-state index contributed by atoms with van der Waals surface area (Å²) in [5.74, 6) is -0.260. The maximum Gasteiger partial charge on any atom is 0.343 e. The van der Waals surface area contributed by atoms with Crippen LogP contribution in [0.2, 0.25) is 5.02 Å². The SMILES string of the molecule is O=Cc1ccc2ccccc2c1OC(=O)c1ccc(Cl)cc1. The molecular weight excluding hydrogens is 300 g/mol. The van der Waals surface area contributed by atoms with Gasteiger partial charge in [0.15, 0.2) is 6.29 Å². The highest BCUT2D eigenvalue weighted by atomic mass is 35.5. The van der Waals surface area contributed by atoms with Gasteiger partial charge in [0.25, 0.3) is 0 Å². The summed E-state index contributed by atoms with van der Waals surface area (Å²) in [6.45, 7) is 0. The Morgan fingerprint density at radius 1 is 0.955 bits per heavy atom. The average Bonchev–Trinajstić information content (AvgIpc) is 2.55. The molecule has 0 fully saturated rings. The van der Waals surface area contributed by atoms with Gasteiger partial charge in [0, 0.05) is 10.4 Å². The monoisotopic (exact) mass is 310 g/mol. The van der Waals surface area contributed by atoms with E-state index in [-0.39, 0.29) is 5.75 Å². The quantitative estimate of drug-likeness (QED) is 0.406. The molecule has 0 atom stereocenters. The molecule has 22 heavy (non-hydrogen) atoms. The fourth-order valence-electron chi connectivity index (χ4n) is 2.20. The van der Waals surface area contributed by atoms with Crippen molar-refractivity contribution in [1.82, 2.24) is 0 Å². The summed E-state index contributed by atoms with van der Waals surface area (Å²) in [4.78, 5) is 23.5. The fourth-order valence-corrected chi connectivity index (χ4v) is 2.33. The van der Waals surface area contributed by atoms with Crippen molar-refractivity contribution in [3.8, 4) is 5.75 Å². The number of esters is 1. The Balaban J connectivity index is 2.04. The third-order valence-corrected chi connectivity index (χ3v) is 3.56. The zero-order valence-electron chi connectivity index (χ0n) is 11.5. The second-order valence-electron chi connectivity index (χ2n) is 4.72. The van der Waals surface area contributed by atoms with Crippen molar-refractivity contribution in [2.45, 2.75) is 0 Å². The molecule has 4 heteroatoms. The number of benzene rings is 3. The molecule has 0 saturated heterocycles. The Kier molecular flexibility index (Phi) is 3.90. The summed E-state index contributed by atoms with van der Waals surface area (Å²) in [7, 11) is 0. The highest BCUT2D eigenvalue weighted by molar-refractivity contribution is 6.30. The average molecular weight is 311 g/mol. The third-order valence-electron chi connectivity index (χ3n) is 3.31. The number of carbonyl (C=O) groups is 2. The van der Waals surface area contributed by atoms with Gasteiger partial charge >= 0.3 is 5.97 Å². The van der Waals surface area contributed by atoms with Crippen molar-refractivity contribution in [2.75, 3.05) is 0 Å². The van der Waals surface area contributed by atoms with Gasteiger partial charge in [-0.15, -0.1) is 0 Å². The molecule has 3 aromatic carbocycles. The molecule has 0 radical (unpaired) electrons. The van der Waals surface area contributed by atoms with E-state index in [1.807, 2.05) is 30.3 Å². The van der Waals surface area contributed by atoms with E-state index in [1.54, 1.807) is 30.3 Å². The summed E-state index contributed by atoms with van der Waals surface area (Å²) in [5, 5.41) is 2.15. The number of hydrogen-bond donors (Lipinski definition) is 0. The lowest BCUT2D eigenvalue weighted by molar-refractivity contribution is 0.0736. The van der Waals surface area contributed by atoms with Crippen LogP contribution in [0, 0.1) is 0 Å². The van der Waals surface area contributed by atoms with Gasteiger partial charge in [0.2, 0.25) is 0 Å². The van der Waals surface area contributed by atoms with Gasteiger partial charge in [0.05, 0.1) is 11.1 Å². The molecule has 0 saturated carbocycles. The molecule has 3 nitrogen and oxygen atoms in total. The van der Waals surface area contributed by atoms with E-state index >= 15 is 0 Å². The van der Waals surface area contributed by atoms with E-state index in [0.717, 1.165) is 10.8 Å². The second kappa shape index (κ2) is 6.00. The predicted octanol–water partition coefficient (Wildman–Crippen LogP) is 4.52. The summed E-state index contributed by atoms with van der Waals surface area (Å²) in [6, 6.07) is 17.3. The fraction of sp³-hybridized carbons (Fsp3) is 0. The Bertz CT molecular complexity index is 854. The van der Waals surface area contributed by atoms with Crippen LogP contribution >= 0.6 is 11.6 Å². The first-order valence-electron chi connectivity index (χ1n) is 6.64. The number of fused-ring (bicyclic) bond motifs is 1. The molecule has 0 unspecified atom stereocenters.